The van der Waals surface area contributed by atoms with Crippen molar-refractivity contribution >= 4 is 25.4 Å². The summed E-state index contributed by atoms with van der Waals surface area (Å²) in [6.07, 6.45) is 1.64. The highest BCUT2D eigenvalue weighted by molar-refractivity contribution is 7.11. The van der Waals surface area contributed by atoms with Crippen molar-refractivity contribution in [3.8, 4) is 0 Å². The van der Waals surface area contributed by atoms with E-state index in [4.69, 9.17) is 9.26 Å². The van der Waals surface area contributed by atoms with Crippen molar-refractivity contribution in [3.63, 3.8) is 0 Å². The summed E-state index contributed by atoms with van der Waals surface area (Å²) >= 11 is 1.37. The van der Waals surface area contributed by atoms with Crippen LogP contribution in [0.3, 0.4) is 0 Å². The number of hydroxylamine groups is 2. The largest absolute Gasteiger partial charge is 0.400 e. The first kappa shape index (κ1) is 21.4. The fourth-order valence-electron chi connectivity index (χ4n) is 1.22. The molecule has 1 atom stereocenters. The Morgan fingerprint density at radius 3 is 2.23 bits per heavy atom. The number of rotatable bonds is 5. The van der Waals surface area contributed by atoms with Gasteiger partial charge in [0.1, 0.15) is 6.23 Å². The molecule has 1 rings (SSSR count). The second-order valence-electron chi connectivity index (χ2n) is 6.60. The first-order valence-electron chi connectivity index (χ1n) is 7.27. The van der Waals surface area contributed by atoms with E-state index in [0.717, 1.165) is 0 Å². The summed E-state index contributed by atoms with van der Waals surface area (Å²) in [5.74, 6) is 0.0417. The van der Waals surface area contributed by atoms with E-state index < -0.39 is 8.32 Å². The molecular formula is C15H30N2O3SSi. The van der Waals surface area contributed by atoms with Gasteiger partial charge in [-0.15, -0.1) is 11.3 Å². The summed E-state index contributed by atoms with van der Waals surface area (Å²) in [7, 11) is 1.88. The van der Waals surface area contributed by atoms with Crippen LogP contribution in [-0.4, -0.2) is 44.5 Å². The third-order valence-corrected chi connectivity index (χ3v) is 9.22. The minimum absolute atomic E-state index is 0.0147. The molecule has 0 aliphatic rings. The van der Waals surface area contributed by atoms with Crippen molar-refractivity contribution in [1.29, 1.82) is 0 Å². The molecule has 0 amide bonds. The maximum Gasteiger partial charge on any atom is 0.194 e. The van der Waals surface area contributed by atoms with Crippen molar-refractivity contribution < 1.29 is 14.1 Å². The normalized spacial score (nSPS) is 13.5. The highest BCUT2D eigenvalue weighted by Crippen LogP contribution is 2.37. The average molecular weight is 347 g/mol. The molecule has 0 spiro atoms. The molecule has 0 aliphatic carbocycles. The topological polar surface area (TPSA) is 51.7 Å². The fraction of sp³-hybridized carbons (Fsp3) is 0.733. The lowest BCUT2D eigenvalue weighted by Gasteiger charge is -2.39. The van der Waals surface area contributed by atoms with Crippen molar-refractivity contribution in [1.82, 2.24) is 10.0 Å². The van der Waals surface area contributed by atoms with E-state index in [0.29, 0.717) is 5.01 Å². The summed E-state index contributed by atoms with van der Waals surface area (Å²) in [5, 5.41) is 4.36. The van der Waals surface area contributed by atoms with Gasteiger partial charge in [0, 0.05) is 25.5 Å². The van der Waals surface area contributed by atoms with Crippen LogP contribution in [0.2, 0.25) is 18.1 Å². The quantitative estimate of drug-likeness (QED) is 0.346. The molecule has 128 valence electrons. The average Bonchev–Trinajstić information content (AvgIpc) is 2.90. The van der Waals surface area contributed by atoms with Gasteiger partial charge in [0.2, 0.25) is 0 Å². The van der Waals surface area contributed by atoms with E-state index in [1.165, 1.54) is 18.3 Å². The summed E-state index contributed by atoms with van der Waals surface area (Å²) < 4.78 is 6.09. The van der Waals surface area contributed by atoms with E-state index >= 15 is 0 Å². The minimum atomic E-state index is -1.67. The van der Waals surface area contributed by atoms with Crippen molar-refractivity contribution in [2.45, 2.75) is 59.0 Å². The van der Waals surface area contributed by atoms with Gasteiger partial charge in [0.25, 0.3) is 0 Å². The predicted octanol–water partition coefficient (Wildman–Crippen LogP) is 4.19. The van der Waals surface area contributed by atoms with Gasteiger partial charge >= 0.3 is 0 Å². The van der Waals surface area contributed by atoms with E-state index in [2.05, 4.69) is 38.8 Å². The predicted molar refractivity (Wildman–Crippen MR) is 94.6 cm³/mol. The van der Waals surface area contributed by atoms with Gasteiger partial charge in [-0.3, -0.25) is 4.79 Å². The molecule has 0 aromatic carbocycles. The Morgan fingerprint density at radius 1 is 1.41 bits per heavy atom. The Morgan fingerprint density at radius 2 is 1.95 bits per heavy atom. The Balaban J connectivity index is 0.000000461. The molecule has 0 saturated carbocycles. The molecule has 1 unspecified atom stereocenters. The number of hydrogen-bond donors (Lipinski definition) is 0. The van der Waals surface area contributed by atoms with Crippen LogP contribution in [0.25, 0.3) is 0 Å². The summed E-state index contributed by atoms with van der Waals surface area (Å²) in [5.41, 5.74) is 0. The zero-order valence-corrected chi connectivity index (χ0v) is 17.1. The number of ketones is 1. The maximum absolute atomic E-state index is 10.5. The lowest BCUT2D eigenvalue weighted by molar-refractivity contribution is -0.190. The van der Waals surface area contributed by atoms with Crippen LogP contribution >= 0.6 is 11.3 Å². The third-order valence-electron chi connectivity index (χ3n) is 3.80. The number of carbonyl (C=O) groups is 1. The van der Waals surface area contributed by atoms with E-state index in [1.54, 1.807) is 23.7 Å². The lowest BCUT2D eigenvalue weighted by atomic mass is 10.2. The molecular weight excluding hydrogens is 316 g/mol. The molecule has 1 aromatic heterocycles. The Kier molecular flexibility index (Phi) is 8.64. The zero-order chi connectivity index (χ0) is 17.6. The highest BCUT2D eigenvalue weighted by Gasteiger charge is 2.39. The van der Waals surface area contributed by atoms with Crippen LogP contribution in [0.15, 0.2) is 11.6 Å². The molecule has 0 radical (unpaired) electrons. The Bertz CT molecular complexity index is 444. The molecule has 7 heteroatoms. The van der Waals surface area contributed by atoms with Gasteiger partial charge in [-0.2, -0.15) is 5.06 Å². The highest BCUT2D eigenvalue weighted by atomic mass is 32.1. The van der Waals surface area contributed by atoms with E-state index in [-0.39, 0.29) is 17.0 Å². The number of Topliss-reactive ketones (excluding diaryl/α,β-unsaturated/α-hetero) is 1. The van der Waals surface area contributed by atoms with Gasteiger partial charge in [-0.05, 0) is 25.1 Å². The SMILES string of the molecule is CC(=O)c1nccs1.CON(C)C(C)O[Si](C)(C)C(C)(C)C. The number of thiazole rings is 1. The van der Waals surface area contributed by atoms with Crippen molar-refractivity contribution in [2.24, 2.45) is 0 Å². The number of nitrogens with zero attached hydrogens (tertiary/aromatic N) is 2. The molecule has 5 nitrogen and oxygen atoms in total. The third kappa shape index (κ3) is 7.10. The molecule has 22 heavy (non-hydrogen) atoms. The van der Waals surface area contributed by atoms with E-state index in [1.807, 2.05) is 14.0 Å². The van der Waals surface area contributed by atoms with Crippen LogP contribution in [0.5, 0.6) is 0 Å². The second kappa shape index (κ2) is 8.88. The molecule has 1 aromatic rings. The molecule has 0 N–H and O–H groups in total. The Labute approximate surface area is 139 Å². The number of carbonyl (C=O) groups excluding carboxylic acids is 1. The van der Waals surface area contributed by atoms with Crippen LogP contribution in [-0.2, 0) is 9.26 Å². The van der Waals surface area contributed by atoms with Gasteiger partial charge in [0.05, 0.1) is 7.11 Å². The molecule has 0 bridgehead atoms. The first-order valence-corrected chi connectivity index (χ1v) is 11.1. The minimum Gasteiger partial charge on any atom is -0.400 e. The number of aromatic nitrogens is 1. The number of hydrogen-bond acceptors (Lipinski definition) is 6. The molecule has 0 saturated heterocycles. The summed E-state index contributed by atoms with van der Waals surface area (Å²) in [6.45, 7) is 14.7. The molecule has 0 aliphatic heterocycles. The monoisotopic (exact) mass is 346 g/mol. The van der Waals surface area contributed by atoms with Crippen molar-refractivity contribution in [3.05, 3.63) is 16.6 Å². The van der Waals surface area contributed by atoms with Crippen LogP contribution in [0.1, 0.15) is 44.4 Å². The second-order valence-corrected chi connectivity index (χ2v) is 12.3. The summed E-state index contributed by atoms with van der Waals surface area (Å²) in [6, 6.07) is 0. The smallest absolute Gasteiger partial charge is 0.194 e. The lowest BCUT2D eigenvalue weighted by Crippen LogP contribution is -2.47. The standard InChI is InChI=1S/C10H25NO2Si.C5H5NOS/c1-9(11(5)12-6)13-14(7,8)10(2,3)4;1-4(7)5-6-2-3-8-5/h9H,1-8H3;2-3H,1H3. The van der Waals surface area contributed by atoms with Gasteiger partial charge in [-0.1, -0.05) is 20.8 Å². The first-order chi connectivity index (χ1) is 9.92. The molecule has 0 fully saturated rings. The van der Waals surface area contributed by atoms with Gasteiger partial charge in [0.15, 0.2) is 19.1 Å². The van der Waals surface area contributed by atoms with Crippen LogP contribution in [0.4, 0.5) is 0 Å². The Hall–Kier alpha value is -0.603. The van der Waals surface area contributed by atoms with Gasteiger partial charge < -0.3 is 9.26 Å². The maximum atomic E-state index is 10.5. The van der Waals surface area contributed by atoms with Crippen molar-refractivity contribution in [2.75, 3.05) is 14.2 Å². The fourth-order valence-corrected chi connectivity index (χ4v) is 3.12. The van der Waals surface area contributed by atoms with E-state index in [9.17, 15) is 4.79 Å². The van der Waals surface area contributed by atoms with Crippen LogP contribution in [0, 0.1) is 0 Å². The molecule has 1 heterocycles. The van der Waals surface area contributed by atoms with Gasteiger partial charge in [-0.25, -0.2) is 4.98 Å². The van der Waals surface area contributed by atoms with Crippen LogP contribution < -0.4 is 0 Å². The summed E-state index contributed by atoms with van der Waals surface area (Å²) in [4.78, 5) is 19.3. The zero-order valence-electron chi connectivity index (χ0n) is 15.3.